The number of likely N-dealkylation sites (N-methyl/N-ethyl adjacent to an activating group) is 1. The minimum atomic E-state index is 0.488. The van der Waals surface area contributed by atoms with E-state index in [4.69, 9.17) is 16.0 Å². The van der Waals surface area contributed by atoms with Crippen molar-refractivity contribution in [3.8, 4) is 0 Å². The van der Waals surface area contributed by atoms with Gasteiger partial charge >= 0.3 is 0 Å². The lowest BCUT2D eigenvalue weighted by Crippen LogP contribution is -2.57. The lowest BCUT2D eigenvalue weighted by molar-refractivity contribution is 0.446. The number of furan rings is 1. The van der Waals surface area contributed by atoms with Gasteiger partial charge < -0.3 is 20.0 Å². The quantitative estimate of drug-likeness (QED) is 0.773. The highest BCUT2D eigenvalue weighted by Crippen LogP contribution is 2.36. The molecule has 1 aliphatic heterocycles. The van der Waals surface area contributed by atoms with Crippen LogP contribution in [0.15, 0.2) is 22.6 Å². The summed E-state index contributed by atoms with van der Waals surface area (Å²) in [5, 5.41) is 7.86. The zero-order valence-electron chi connectivity index (χ0n) is 12.4. The van der Waals surface area contributed by atoms with Crippen LogP contribution in [0.1, 0.15) is 0 Å². The number of nitrogens with zero attached hydrogens (tertiary/aromatic N) is 3. The van der Waals surface area contributed by atoms with E-state index >= 15 is 0 Å². The fraction of sp³-hybridized carbons (Fsp3) is 0.333. The highest BCUT2D eigenvalue weighted by Gasteiger charge is 2.30. The van der Waals surface area contributed by atoms with Crippen LogP contribution in [0.25, 0.3) is 22.1 Å². The number of halogens is 1. The summed E-state index contributed by atoms with van der Waals surface area (Å²) in [6.07, 6.45) is 0. The van der Waals surface area contributed by atoms with Crippen LogP contribution >= 0.6 is 11.6 Å². The number of hydrogen-bond donors (Lipinski definition) is 2. The predicted molar refractivity (Wildman–Crippen MR) is 88.9 cm³/mol. The summed E-state index contributed by atoms with van der Waals surface area (Å²) in [6.45, 7) is 1.81. The molecule has 0 radical (unpaired) electrons. The standard InChI is InChI=1S/C15H16ClN5O/c1-17-9-6-21(7-9)14-13-12(19-15(18-2)20-14)10-5-8(16)3-4-11(10)22-13/h3-5,9,17H,6-7H2,1-2H3,(H,18,19,20). The van der Waals surface area contributed by atoms with Crippen molar-refractivity contribution in [2.24, 2.45) is 0 Å². The first-order chi connectivity index (χ1) is 10.7. The third-order valence-electron chi connectivity index (χ3n) is 4.07. The summed E-state index contributed by atoms with van der Waals surface area (Å²) in [6, 6.07) is 6.06. The zero-order valence-corrected chi connectivity index (χ0v) is 13.1. The first kappa shape index (κ1) is 13.6. The molecule has 0 unspecified atom stereocenters. The molecule has 2 aromatic heterocycles. The molecule has 1 aliphatic rings. The third-order valence-corrected chi connectivity index (χ3v) is 4.30. The third kappa shape index (κ3) is 1.99. The summed E-state index contributed by atoms with van der Waals surface area (Å²) in [7, 11) is 3.78. The molecule has 0 saturated carbocycles. The fourth-order valence-corrected chi connectivity index (χ4v) is 2.93. The van der Waals surface area contributed by atoms with E-state index in [1.165, 1.54) is 0 Å². The Hall–Kier alpha value is -2.05. The summed E-state index contributed by atoms with van der Waals surface area (Å²) in [4.78, 5) is 11.3. The highest BCUT2D eigenvalue weighted by atomic mass is 35.5. The molecule has 114 valence electrons. The Morgan fingerprint density at radius 2 is 2.09 bits per heavy atom. The Labute approximate surface area is 132 Å². The van der Waals surface area contributed by atoms with Gasteiger partial charge in [0.25, 0.3) is 0 Å². The second kappa shape index (κ2) is 5.00. The van der Waals surface area contributed by atoms with E-state index in [-0.39, 0.29) is 0 Å². The van der Waals surface area contributed by atoms with E-state index < -0.39 is 0 Å². The van der Waals surface area contributed by atoms with Crippen molar-refractivity contribution in [2.45, 2.75) is 6.04 Å². The average molecular weight is 318 g/mol. The maximum Gasteiger partial charge on any atom is 0.225 e. The second-order valence-electron chi connectivity index (χ2n) is 5.43. The Balaban J connectivity index is 1.93. The van der Waals surface area contributed by atoms with Crippen molar-refractivity contribution >= 4 is 45.4 Å². The topological polar surface area (TPSA) is 66.2 Å². The summed E-state index contributed by atoms with van der Waals surface area (Å²) >= 11 is 6.11. The van der Waals surface area contributed by atoms with Crippen LogP contribution < -0.4 is 15.5 Å². The Morgan fingerprint density at radius 1 is 1.27 bits per heavy atom. The molecule has 1 fully saturated rings. The van der Waals surface area contributed by atoms with Crippen molar-refractivity contribution in [1.82, 2.24) is 15.3 Å². The smallest absolute Gasteiger partial charge is 0.225 e. The zero-order chi connectivity index (χ0) is 15.3. The van der Waals surface area contributed by atoms with Gasteiger partial charge in [-0.2, -0.15) is 4.98 Å². The van der Waals surface area contributed by atoms with Crippen LogP contribution in [-0.2, 0) is 0 Å². The van der Waals surface area contributed by atoms with Crippen LogP contribution in [0, 0.1) is 0 Å². The van der Waals surface area contributed by atoms with Crippen molar-refractivity contribution in [1.29, 1.82) is 0 Å². The molecule has 2 N–H and O–H groups in total. The first-order valence-corrected chi connectivity index (χ1v) is 7.57. The molecule has 4 rings (SSSR count). The number of anilines is 2. The Bertz CT molecular complexity index is 856. The van der Waals surface area contributed by atoms with E-state index in [9.17, 15) is 0 Å². The molecule has 0 bridgehead atoms. The molecule has 3 heterocycles. The van der Waals surface area contributed by atoms with E-state index in [1.807, 2.05) is 32.3 Å². The number of nitrogens with one attached hydrogen (secondary N) is 2. The molecule has 0 spiro atoms. The molecule has 0 atom stereocenters. The van der Waals surface area contributed by atoms with Gasteiger partial charge in [-0.15, -0.1) is 0 Å². The van der Waals surface area contributed by atoms with Crippen LogP contribution in [0.2, 0.25) is 5.02 Å². The molecule has 6 nitrogen and oxygen atoms in total. The monoisotopic (exact) mass is 317 g/mol. The molecule has 1 saturated heterocycles. The lowest BCUT2D eigenvalue weighted by atomic mass is 10.1. The number of benzene rings is 1. The summed E-state index contributed by atoms with van der Waals surface area (Å²) < 4.78 is 5.99. The van der Waals surface area contributed by atoms with E-state index in [2.05, 4.69) is 25.5 Å². The number of hydrogen-bond acceptors (Lipinski definition) is 6. The van der Waals surface area contributed by atoms with Gasteiger partial charge in [-0.05, 0) is 25.2 Å². The maximum atomic E-state index is 6.11. The van der Waals surface area contributed by atoms with Crippen LogP contribution in [0.5, 0.6) is 0 Å². The van der Waals surface area contributed by atoms with Crippen molar-refractivity contribution in [3.05, 3.63) is 23.2 Å². The number of aromatic nitrogens is 2. The van der Waals surface area contributed by atoms with Gasteiger partial charge in [0, 0.05) is 36.6 Å². The Kier molecular flexibility index (Phi) is 3.09. The number of rotatable bonds is 3. The van der Waals surface area contributed by atoms with Gasteiger partial charge in [0.2, 0.25) is 5.95 Å². The molecular formula is C15H16ClN5O. The normalized spacial score (nSPS) is 15.5. The van der Waals surface area contributed by atoms with Crippen LogP contribution in [0.3, 0.4) is 0 Å². The molecule has 0 aliphatic carbocycles. The van der Waals surface area contributed by atoms with Crippen LogP contribution in [-0.4, -0.2) is 43.2 Å². The van der Waals surface area contributed by atoms with Gasteiger partial charge in [0.1, 0.15) is 11.1 Å². The summed E-state index contributed by atoms with van der Waals surface area (Å²) in [5.74, 6) is 1.41. The van der Waals surface area contributed by atoms with Crippen LogP contribution in [0.4, 0.5) is 11.8 Å². The molecule has 1 aromatic carbocycles. The van der Waals surface area contributed by atoms with E-state index in [0.29, 0.717) is 22.6 Å². The van der Waals surface area contributed by atoms with Gasteiger partial charge in [-0.25, -0.2) is 4.98 Å². The van der Waals surface area contributed by atoms with Gasteiger partial charge in [0.15, 0.2) is 11.4 Å². The maximum absolute atomic E-state index is 6.11. The minimum absolute atomic E-state index is 0.488. The van der Waals surface area contributed by atoms with Gasteiger partial charge in [0.05, 0.1) is 0 Å². The molecule has 0 amide bonds. The van der Waals surface area contributed by atoms with E-state index in [1.54, 1.807) is 0 Å². The van der Waals surface area contributed by atoms with Crippen molar-refractivity contribution < 1.29 is 4.42 Å². The minimum Gasteiger partial charge on any atom is -0.450 e. The highest BCUT2D eigenvalue weighted by molar-refractivity contribution is 6.31. The predicted octanol–water partition coefficient (Wildman–Crippen LogP) is 2.48. The Morgan fingerprint density at radius 3 is 2.82 bits per heavy atom. The van der Waals surface area contributed by atoms with Crippen molar-refractivity contribution in [3.63, 3.8) is 0 Å². The van der Waals surface area contributed by atoms with Gasteiger partial charge in [-0.1, -0.05) is 11.6 Å². The molecular weight excluding hydrogens is 302 g/mol. The average Bonchev–Trinajstić information content (AvgIpc) is 2.84. The SMILES string of the molecule is CNc1nc(N2CC(NC)C2)c2oc3ccc(Cl)cc3c2n1. The second-order valence-corrected chi connectivity index (χ2v) is 5.87. The molecule has 7 heteroatoms. The van der Waals surface area contributed by atoms with Crippen molar-refractivity contribution in [2.75, 3.05) is 37.4 Å². The fourth-order valence-electron chi connectivity index (χ4n) is 2.76. The summed E-state index contributed by atoms with van der Waals surface area (Å²) in [5.41, 5.74) is 2.28. The van der Waals surface area contributed by atoms with E-state index in [0.717, 1.165) is 35.4 Å². The number of fused-ring (bicyclic) bond motifs is 3. The largest absolute Gasteiger partial charge is 0.450 e. The first-order valence-electron chi connectivity index (χ1n) is 7.19. The lowest BCUT2D eigenvalue weighted by Gasteiger charge is -2.39. The molecule has 22 heavy (non-hydrogen) atoms. The molecule has 3 aromatic rings. The van der Waals surface area contributed by atoms with Gasteiger partial charge in [-0.3, -0.25) is 0 Å².